The molecule has 3 heterocycles. The Bertz CT molecular complexity index is 1260. The summed E-state index contributed by atoms with van der Waals surface area (Å²) in [5, 5.41) is 18.8. The molecule has 4 rings (SSSR count). The summed E-state index contributed by atoms with van der Waals surface area (Å²) in [6.07, 6.45) is 4.47. The molecule has 3 aromatic heterocycles. The van der Waals surface area contributed by atoms with Crippen molar-refractivity contribution in [1.82, 2.24) is 19.6 Å². The number of pyridine rings is 1. The number of benzene rings is 1. The van der Waals surface area contributed by atoms with Crippen LogP contribution in [0.15, 0.2) is 49.1 Å². The number of carbonyl (C=O) groups excluding carboxylic acids is 1. The summed E-state index contributed by atoms with van der Waals surface area (Å²) in [5.41, 5.74) is 8.85. The minimum Gasteiger partial charge on any atom is -0.392 e. The Labute approximate surface area is 170 Å². The van der Waals surface area contributed by atoms with Gasteiger partial charge in [-0.15, -0.1) is 0 Å². The molecule has 0 saturated heterocycles. The van der Waals surface area contributed by atoms with Crippen LogP contribution in [-0.2, 0) is 6.61 Å². The fourth-order valence-electron chi connectivity index (χ4n) is 3.17. The maximum absolute atomic E-state index is 14.8. The van der Waals surface area contributed by atoms with Gasteiger partial charge in [0.1, 0.15) is 23.5 Å². The molecule has 30 heavy (non-hydrogen) atoms. The minimum absolute atomic E-state index is 0.0119. The molecule has 5 N–H and O–H groups in total. The zero-order valence-corrected chi connectivity index (χ0v) is 15.9. The number of carbonyl (C=O) groups is 1. The van der Waals surface area contributed by atoms with Crippen LogP contribution in [0.3, 0.4) is 0 Å². The van der Waals surface area contributed by atoms with Gasteiger partial charge >= 0.3 is 6.03 Å². The van der Waals surface area contributed by atoms with Gasteiger partial charge in [0.05, 0.1) is 12.3 Å². The summed E-state index contributed by atoms with van der Waals surface area (Å²) < 4.78 is 16.2. The Morgan fingerprint density at radius 1 is 1.23 bits per heavy atom. The predicted molar refractivity (Wildman–Crippen MR) is 110 cm³/mol. The molecule has 0 aliphatic heterocycles. The molecule has 0 aliphatic rings. The summed E-state index contributed by atoms with van der Waals surface area (Å²) in [4.78, 5) is 20.2. The van der Waals surface area contributed by atoms with E-state index in [1.807, 2.05) is 6.92 Å². The molecule has 0 spiro atoms. The van der Waals surface area contributed by atoms with E-state index in [4.69, 9.17) is 5.73 Å². The third kappa shape index (κ3) is 3.63. The van der Waals surface area contributed by atoms with E-state index in [2.05, 4.69) is 25.7 Å². The third-order valence-corrected chi connectivity index (χ3v) is 4.51. The van der Waals surface area contributed by atoms with Gasteiger partial charge < -0.3 is 16.2 Å². The van der Waals surface area contributed by atoms with Crippen LogP contribution in [0.5, 0.6) is 0 Å². The van der Waals surface area contributed by atoms with Crippen LogP contribution in [0.1, 0.15) is 11.1 Å². The van der Waals surface area contributed by atoms with Crippen molar-refractivity contribution in [1.29, 1.82) is 0 Å². The van der Waals surface area contributed by atoms with Gasteiger partial charge in [-0.25, -0.2) is 23.7 Å². The highest BCUT2D eigenvalue weighted by Gasteiger charge is 2.18. The molecular formula is C20H18FN7O2. The summed E-state index contributed by atoms with van der Waals surface area (Å²) in [6.45, 7) is 1.58. The first kappa shape index (κ1) is 19.3. The van der Waals surface area contributed by atoms with Crippen LogP contribution in [0, 0.1) is 12.7 Å². The van der Waals surface area contributed by atoms with Crippen LogP contribution in [0.2, 0.25) is 0 Å². The number of aryl methyl sites for hydroxylation is 1. The zero-order chi connectivity index (χ0) is 21.3. The van der Waals surface area contributed by atoms with Crippen molar-refractivity contribution < 1.29 is 14.3 Å². The Morgan fingerprint density at radius 3 is 2.80 bits per heavy atom. The van der Waals surface area contributed by atoms with Gasteiger partial charge in [-0.1, -0.05) is 6.07 Å². The number of nitrogens with zero attached hydrogens (tertiary/aromatic N) is 4. The van der Waals surface area contributed by atoms with Crippen LogP contribution >= 0.6 is 0 Å². The van der Waals surface area contributed by atoms with Crippen molar-refractivity contribution >= 4 is 28.9 Å². The number of anilines is 3. The van der Waals surface area contributed by atoms with Gasteiger partial charge in [0.25, 0.3) is 0 Å². The van der Waals surface area contributed by atoms with E-state index in [-0.39, 0.29) is 18.1 Å². The lowest BCUT2D eigenvalue weighted by Gasteiger charge is -2.10. The average Bonchev–Trinajstić information content (AvgIpc) is 3.09. The Hall–Kier alpha value is -4.05. The number of amides is 2. The number of aliphatic hydroxyl groups is 1. The van der Waals surface area contributed by atoms with Crippen molar-refractivity contribution in [2.75, 3.05) is 16.4 Å². The zero-order valence-electron chi connectivity index (χ0n) is 15.9. The number of nitrogens with two attached hydrogens (primary N) is 1. The van der Waals surface area contributed by atoms with E-state index >= 15 is 0 Å². The molecule has 0 atom stereocenters. The van der Waals surface area contributed by atoms with E-state index in [9.17, 15) is 14.3 Å². The summed E-state index contributed by atoms with van der Waals surface area (Å²) in [5.74, 6) is -0.0984. The van der Waals surface area contributed by atoms with Gasteiger partial charge in [-0.05, 0) is 42.3 Å². The van der Waals surface area contributed by atoms with Crippen molar-refractivity contribution in [3.05, 3.63) is 66.0 Å². The maximum Gasteiger partial charge on any atom is 0.324 e. The van der Waals surface area contributed by atoms with Crippen molar-refractivity contribution in [3.8, 4) is 11.1 Å². The van der Waals surface area contributed by atoms with Crippen LogP contribution in [0.25, 0.3) is 16.6 Å². The number of rotatable bonds is 4. The molecule has 152 valence electrons. The van der Waals surface area contributed by atoms with Crippen molar-refractivity contribution in [3.63, 3.8) is 0 Å². The fraction of sp³-hybridized carbons (Fsp3) is 0.100. The van der Waals surface area contributed by atoms with E-state index < -0.39 is 11.8 Å². The quantitative estimate of drug-likeness (QED) is 0.411. The fourth-order valence-corrected chi connectivity index (χ4v) is 3.17. The molecule has 0 aliphatic carbocycles. The Morgan fingerprint density at radius 2 is 2.07 bits per heavy atom. The molecular weight excluding hydrogens is 389 g/mol. The molecule has 0 fully saturated rings. The molecule has 0 bridgehead atoms. The smallest absolute Gasteiger partial charge is 0.324 e. The van der Waals surface area contributed by atoms with Gasteiger partial charge in [0, 0.05) is 23.5 Å². The number of nitrogens with one attached hydrogen (secondary N) is 2. The highest BCUT2D eigenvalue weighted by Crippen LogP contribution is 2.34. The Kier molecular flexibility index (Phi) is 4.98. The topological polar surface area (TPSA) is 130 Å². The molecule has 0 radical (unpaired) electrons. The lowest BCUT2D eigenvalue weighted by atomic mass is 10.0. The van der Waals surface area contributed by atoms with Crippen molar-refractivity contribution in [2.45, 2.75) is 13.5 Å². The lowest BCUT2D eigenvalue weighted by molar-refractivity contribution is 0.262. The number of aliphatic hydroxyl groups excluding tert-OH is 1. The summed E-state index contributed by atoms with van der Waals surface area (Å²) >= 11 is 0. The number of halogens is 1. The standard InChI is InChI=1S/C20H18FN7O2/c1-11-4-5-23-16(6-11)27-20(30)26-15-3-2-12(7-14(15)21)17-13(9-29)8-28-18(17)19(22)24-10-25-28/h2-8,10,29H,9H2,1H3,(H2,22,24,25)(H2,23,26,27,30). The van der Waals surface area contributed by atoms with E-state index in [0.717, 1.165) is 5.56 Å². The number of hydrogen-bond acceptors (Lipinski definition) is 6. The highest BCUT2D eigenvalue weighted by atomic mass is 19.1. The van der Waals surface area contributed by atoms with Gasteiger partial charge in [0.2, 0.25) is 0 Å². The molecule has 10 heteroatoms. The minimum atomic E-state index is -0.654. The first-order valence-corrected chi connectivity index (χ1v) is 8.98. The molecule has 4 aromatic rings. The third-order valence-electron chi connectivity index (χ3n) is 4.51. The van der Waals surface area contributed by atoms with Crippen LogP contribution in [-0.4, -0.2) is 30.7 Å². The average molecular weight is 407 g/mol. The number of nitrogen functional groups attached to an aromatic ring is 1. The molecule has 0 unspecified atom stereocenters. The van der Waals surface area contributed by atoms with E-state index in [1.54, 1.807) is 30.6 Å². The van der Waals surface area contributed by atoms with Gasteiger partial charge in [-0.2, -0.15) is 5.10 Å². The monoisotopic (exact) mass is 407 g/mol. The van der Waals surface area contributed by atoms with Gasteiger partial charge in [-0.3, -0.25) is 5.32 Å². The predicted octanol–water partition coefficient (Wildman–Crippen LogP) is 2.96. The van der Waals surface area contributed by atoms with E-state index in [1.165, 1.54) is 23.0 Å². The van der Waals surface area contributed by atoms with Gasteiger partial charge in [0.15, 0.2) is 5.82 Å². The second kappa shape index (κ2) is 7.76. The number of urea groups is 1. The molecule has 9 nitrogen and oxygen atoms in total. The summed E-state index contributed by atoms with van der Waals surface area (Å²) in [7, 11) is 0. The lowest BCUT2D eigenvalue weighted by Crippen LogP contribution is -2.20. The second-order valence-corrected chi connectivity index (χ2v) is 6.62. The maximum atomic E-state index is 14.8. The number of fused-ring (bicyclic) bond motifs is 1. The SMILES string of the molecule is Cc1ccnc(NC(=O)Nc2ccc(-c3c(CO)cn4ncnc(N)c34)cc2F)c1. The molecule has 2 amide bonds. The number of hydrogen-bond donors (Lipinski definition) is 4. The number of aromatic nitrogens is 4. The van der Waals surface area contributed by atoms with E-state index in [0.29, 0.717) is 28.0 Å². The molecule has 0 saturated carbocycles. The summed E-state index contributed by atoms with van der Waals surface area (Å²) in [6, 6.07) is 7.17. The normalized spacial score (nSPS) is 10.9. The largest absolute Gasteiger partial charge is 0.392 e. The highest BCUT2D eigenvalue weighted by molar-refractivity contribution is 5.99. The first-order valence-electron chi connectivity index (χ1n) is 8.98. The van der Waals surface area contributed by atoms with Crippen LogP contribution in [0.4, 0.5) is 26.5 Å². The second-order valence-electron chi connectivity index (χ2n) is 6.62. The van der Waals surface area contributed by atoms with Crippen LogP contribution < -0.4 is 16.4 Å². The van der Waals surface area contributed by atoms with Crippen molar-refractivity contribution in [2.24, 2.45) is 0 Å². The molecule has 1 aromatic carbocycles. The first-order chi connectivity index (χ1) is 14.5. The Balaban J connectivity index is 1.63.